The third-order valence-electron chi connectivity index (χ3n) is 2.71. The first kappa shape index (κ1) is 13.9. The van der Waals surface area contributed by atoms with Crippen molar-refractivity contribution < 1.29 is 4.74 Å². The summed E-state index contributed by atoms with van der Waals surface area (Å²) in [6, 6.07) is 9.86. The van der Waals surface area contributed by atoms with Crippen molar-refractivity contribution in [2.24, 2.45) is 5.92 Å². The predicted octanol–water partition coefficient (Wildman–Crippen LogP) is 3.48. The fourth-order valence-electron chi connectivity index (χ4n) is 1.54. The Morgan fingerprint density at radius 1 is 1.29 bits per heavy atom. The number of hydrogen-bond acceptors (Lipinski definition) is 3. The first-order valence-corrected chi connectivity index (χ1v) is 6.59. The van der Waals surface area contributed by atoms with Gasteiger partial charge in [0.2, 0.25) is 0 Å². The molecule has 1 atom stereocenters. The lowest BCUT2D eigenvalue weighted by Crippen LogP contribution is -2.04. The summed E-state index contributed by atoms with van der Waals surface area (Å²) in [6.45, 7) is 2.96. The Labute approximate surface area is 109 Å². The summed E-state index contributed by atoms with van der Waals surface area (Å²) in [5.74, 6) is 2.47. The number of nitriles is 1. The minimum atomic E-state index is 0.458. The molecule has 0 aromatic heterocycles. The lowest BCUT2D eigenvalue weighted by atomic mass is 10.1. The molecule has 1 rings (SSSR count). The first-order valence-electron chi connectivity index (χ1n) is 5.95. The largest absolute Gasteiger partial charge is 0.494 e. The van der Waals surface area contributed by atoms with Crippen LogP contribution in [-0.4, -0.2) is 12.4 Å². The molecule has 0 aliphatic rings. The van der Waals surface area contributed by atoms with Crippen LogP contribution in [0.25, 0.3) is 0 Å². The quantitative estimate of drug-likeness (QED) is 0.750. The van der Waals surface area contributed by atoms with Gasteiger partial charge in [0.05, 0.1) is 19.1 Å². The molecule has 3 heteroatoms. The smallest absolute Gasteiger partial charge is 0.119 e. The van der Waals surface area contributed by atoms with Crippen LogP contribution in [0.4, 0.5) is 0 Å². The Hall–Kier alpha value is -1.14. The van der Waals surface area contributed by atoms with Crippen LogP contribution in [0.5, 0.6) is 5.75 Å². The van der Waals surface area contributed by atoms with Gasteiger partial charge in [-0.25, -0.2) is 0 Å². The maximum Gasteiger partial charge on any atom is 0.119 e. The van der Waals surface area contributed by atoms with E-state index in [4.69, 9.17) is 10.00 Å². The average Bonchev–Trinajstić information content (AvgIpc) is 2.32. The molecule has 0 aliphatic heterocycles. The molecule has 0 radical (unpaired) electrons. The van der Waals surface area contributed by atoms with E-state index in [0.717, 1.165) is 36.5 Å². The van der Waals surface area contributed by atoms with Crippen LogP contribution in [0, 0.1) is 17.2 Å². The Morgan fingerprint density at radius 3 is 2.59 bits per heavy atom. The number of thiol groups is 1. The Bertz CT molecular complexity index is 355. The van der Waals surface area contributed by atoms with Gasteiger partial charge < -0.3 is 4.74 Å². The predicted molar refractivity (Wildman–Crippen MR) is 73.5 cm³/mol. The van der Waals surface area contributed by atoms with Gasteiger partial charge in [0.15, 0.2) is 0 Å². The van der Waals surface area contributed by atoms with Crippen LogP contribution in [0.2, 0.25) is 0 Å². The van der Waals surface area contributed by atoms with E-state index in [9.17, 15) is 0 Å². The molecule has 1 aromatic rings. The zero-order chi connectivity index (χ0) is 12.5. The lowest BCUT2D eigenvalue weighted by molar-refractivity contribution is 0.282. The van der Waals surface area contributed by atoms with Gasteiger partial charge in [-0.05, 0) is 42.2 Å². The van der Waals surface area contributed by atoms with E-state index in [2.05, 4.69) is 25.6 Å². The second kappa shape index (κ2) is 8.03. The highest BCUT2D eigenvalue weighted by Crippen LogP contribution is 2.14. The molecule has 0 heterocycles. The van der Waals surface area contributed by atoms with Crippen LogP contribution < -0.4 is 4.74 Å². The van der Waals surface area contributed by atoms with Gasteiger partial charge in [-0.3, -0.25) is 0 Å². The molecule has 0 spiro atoms. The molecule has 0 aliphatic carbocycles. The summed E-state index contributed by atoms with van der Waals surface area (Å²) < 4.78 is 5.65. The fourth-order valence-corrected chi connectivity index (χ4v) is 1.98. The normalized spacial score (nSPS) is 11.8. The Kier molecular flexibility index (Phi) is 6.57. The molecule has 92 valence electrons. The standard InChI is InChI=1S/C14H19NOS/c1-12(8-11-17)7-10-16-14-4-2-13(3-5-14)6-9-15/h2-5,12,17H,6-8,10-11H2,1H3. The van der Waals surface area contributed by atoms with Gasteiger partial charge in [-0.15, -0.1) is 0 Å². The van der Waals surface area contributed by atoms with E-state index in [1.54, 1.807) is 0 Å². The van der Waals surface area contributed by atoms with Crippen molar-refractivity contribution in [2.45, 2.75) is 26.2 Å². The molecule has 0 N–H and O–H groups in total. The minimum absolute atomic E-state index is 0.458. The molecular formula is C14H19NOS. The van der Waals surface area contributed by atoms with Gasteiger partial charge in [0.25, 0.3) is 0 Å². The fraction of sp³-hybridized carbons (Fsp3) is 0.500. The van der Waals surface area contributed by atoms with E-state index in [1.165, 1.54) is 0 Å². The molecule has 1 unspecified atom stereocenters. The number of hydrogen-bond donors (Lipinski definition) is 1. The zero-order valence-corrected chi connectivity index (χ0v) is 11.1. The van der Waals surface area contributed by atoms with Crippen molar-refractivity contribution >= 4 is 12.6 Å². The minimum Gasteiger partial charge on any atom is -0.494 e. The van der Waals surface area contributed by atoms with Gasteiger partial charge in [-0.2, -0.15) is 17.9 Å². The number of nitrogens with zero attached hydrogens (tertiary/aromatic N) is 1. The Morgan fingerprint density at radius 2 is 2.00 bits per heavy atom. The summed E-state index contributed by atoms with van der Waals surface area (Å²) in [6.07, 6.45) is 2.65. The molecule has 17 heavy (non-hydrogen) atoms. The Balaban J connectivity index is 2.30. The van der Waals surface area contributed by atoms with Gasteiger partial charge in [0.1, 0.15) is 5.75 Å². The SMILES string of the molecule is CC(CCS)CCOc1ccc(CC#N)cc1. The van der Waals surface area contributed by atoms with Crippen LogP contribution in [-0.2, 0) is 6.42 Å². The third kappa shape index (κ3) is 5.65. The number of benzene rings is 1. The summed E-state index contributed by atoms with van der Waals surface area (Å²) in [5, 5.41) is 8.55. The van der Waals surface area contributed by atoms with Crippen LogP contribution in [0.1, 0.15) is 25.3 Å². The van der Waals surface area contributed by atoms with E-state index in [0.29, 0.717) is 12.3 Å². The molecule has 0 saturated heterocycles. The summed E-state index contributed by atoms with van der Waals surface area (Å²) in [4.78, 5) is 0. The van der Waals surface area contributed by atoms with Gasteiger partial charge >= 0.3 is 0 Å². The number of rotatable bonds is 7. The van der Waals surface area contributed by atoms with E-state index >= 15 is 0 Å². The van der Waals surface area contributed by atoms with Crippen molar-refractivity contribution in [3.63, 3.8) is 0 Å². The highest BCUT2D eigenvalue weighted by molar-refractivity contribution is 7.80. The molecular weight excluding hydrogens is 230 g/mol. The van der Waals surface area contributed by atoms with Crippen molar-refractivity contribution in [2.75, 3.05) is 12.4 Å². The van der Waals surface area contributed by atoms with Crippen molar-refractivity contribution in [1.29, 1.82) is 5.26 Å². The maximum atomic E-state index is 8.55. The lowest BCUT2D eigenvalue weighted by Gasteiger charge is -2.11. The van der Waals surface area contributed by atoms with Crippen molar-refractivity contribution in [1.82, 2.24) is 0 Å². The highest BCUT2D eigenvalue weighted by Gasteiger charge is 2.01. The first-order chi connectivity index (χ1) is 8.26. The van der Waals surface area contributed by atoms with Crippen LogP contribution in [0.15, 0.2) is 24.3 Å². The maximum absolute atomic E-state index is 8.55. The molecule has 1 aromatic carbocycles. The molecule has 0 bridgehead atoms. The van der Waals surface area contributed by atoms with Crippen LogP contribution >= 0.6 is 12.6 Å². The van der Waals surface area contributed by atoms with E-state index in [-0.39, 0.29) is 0 Å². The monoisotopic (exact) mass is 249 g/mol. The highest BCUT2D eigenvalue weighted by atomic mass is 32.1. The van der Waals surface area contributed by atoms with E-state index in [1.807, 2.05) is 24.3 Å². The summed E-state index contributed by atoms with van der Waals surface area (Å²) in [5.41, 5.74) is 1.03. The van der Waals surface area contributed by atoms with Crippen molar-refractivity contribution in [3.8, 4) is 11.8 Å². The van der Waals surface area contributed by atoms with Crippen LogP contribution in [0.3, 0.4) is 0 Å². The van der Waals surface area contributed by atoms with E-state index < -0.39 is 0 Å². The summed E-state index contributed by atoms with van der Waals surface area (Å²) in [7, 11) is 0. The molecule has 0 fully saturated rings. The zero-order valence-electron chi connectivity index (χ0n) is 10.2. The van der Waals surface area contributed by atoms with Crippen molar-refractivity contribution in [3.05, 3.63) is 29.8 Å². The molecule has 0 amide bonds. The second-order valence-electron chi connectivity index (χ2n) is 4.23. The average molecular weight is 249 g/mol. The van der Waals surface area contributed by atoms with Gasteiger partial charge in [-0.1, -0.05) is 19.1 Å². The summed E-state index contributed by atoms with van der Waals surface area (Å²) >= 11 is 4.22. The topological polar surface area (TPSA) is 33.0 Å². The molecule has 2 nitrogen and oxygen atoms in total. The second-order valence-corrected chi connectivity index (χ2v) is 4.68. The molecule has 0 saturated carbocycles. The van der Waals surface area contributed by atoms with Gasteiger partial charge in [0, 0.05) is 0 Å². The third-order valence-corrected chi connectivity index (χ3v) is 2.97. The number of ether oxygens (including phenoxy) is 1.